The highest BCUT2D eigenvalue weighted by Gasteiger charge is 2.12. The first-order chi connectivity index (χ1) is 11.6. The van der Waals surface area contributed by atoms with Gasteiger partial charge in [0, 0.05) is 12.4 Å². The van der Waals surface area contributed by atoms with E-state index in [1.165, 1.54) is 0 Å². The highest BCUT2D eigenvalue weighted by molar-refractivity contribution is 9.10. The van der Waals surface area contributed by atoms with Crippen molar-refractivity contribution in [3.63, 3.8) is 0 Å². The van der Waals surface area contributed by atoms with Crippen LogP contribution < -0.4 is 10.1 Å². The number of benzene rings is 2. The maximum atomic E-state index is 12.1. The molecule has 2 aromatic carbocycles. The number of carbonyl (C=O) groups excluding carboxylic acids is 1. The van der Waals surface area contributed by atoms with Crippen LogP contribution in [0.3, 0.4) is 0 Å². The normalized spacial score (nSPS) is 11.9. The van der Waals surface area contributed by atoms with Crippen LogP contribution in [-0.4, -0.2) is 17.5 Å². The standard InChI is InChI=1S/C19H17BrN2O2/c1-13(15-6-4-10-21-11-15)22-18(23)12-24-17-9-8-14-5-2-3-7-16(14)19(17)20/h2-11,13H,12H2,1H3,(H,22,23). The fourth-order valence-electron chi connectivity index (χ4n) is 2.47. The second kappa shape index (κ2) is 7.45. The molecule has 0 bridgehead atoms. The summed E-state index contributed by atoms with van der Waals surface area (Å²) in [5.41, 5.74) is 0.956. The number of ether oxygens (including phenoxy) is 1. The third-order valence-electron chi connectivity index (χ3n) is 3.75. The molecule has 0 aliphatic rings. The molecular formula is C19H17BrN2O2. The van der Waals surface area contributed by atoms with Gasteiger partial charge in [0.15, 0.2) is 6.61 Å². The summed E-state index contributed by atoms with van der Waals surface area (Å²) in [7, 11) is 0. The maximum absolute atomic E-state index is 12.1. The molecule has 0 aliphatic carbocycles. The zero-order valence-corrected chi connectivity index (χ0v) is 14.8. The highest BCUT2D eigenvalue weighted by atomic mass is 79.9. The van der Waals surface area contributed by atoms with Crippen molar-refractivity contribution in [3.05, 3.63) is 71.0 Å². The monoisotopic (exact) mass is 384 g/mol. The van der Waals surface area contributed by atoms with Gasteiger partial charge in [0.2, 0.25) is 0 Å². The number of fused-ring (bicyclic) bond motifs is 1. The molecule has 4 nitrogen and oxygen atoms in total. The van der Waals surface area contributed by atoms with Crippen LogP contribution >= 0.6 is 15.9 Å². The molecule has 0 saturated heterocycles. The number of aromatic nitrogens is 1. The minimum Gasteiger partial charge on any atom is -0.483 e. The third kappa shape index (κ3) is 3.74. The Labute approximate surface area is 149 Å². The lowest BCUT2D eigenvalue weighted by molar-refractivity contribution is -0.123. The molecule has 1 amide bonds. The molecule has 0 saturated carbocycles. The maximum Gasteiger partial charge on any atom is 0.258 e. The molecule has 3 aromatic rings. The first-order valence-corrected chi connectivity index (χ1v) is 8.44. The predicted octanol–water partition coefficient (Wildman–Crippen LogP) is 4.25. The molecule has 122 valence electrons. The van der Waals surface area contributed by atoms with Crippen LogP contribution in [0.25, 0.3) is 10.8 Å². The van der Waals surface area contributed by atoms with Crippen LogP contribution in [0.5, 0.6) is 5.75 Å². The second-order valence-electron chi connectivity index (χ2n) is 5.46. The van der Waals surface area contributed by atoms with E-state index in [-0.39, 0.29) is 18.6 Å². The van der Waals surface area contributed by atoms with Crippen LogP contribution in [0.2, 0.25) is 0 Å². The first kappa shape index (κ1) is 16.5. The average Bonchev–Trinajstić information content (AvgIpc) is 2.62. The molecule has 1 heterocycles. The lowest BCUT2D eigenvalue weighted by atomic mass is 10.1. The Bertz CT molecular complexity index is 852. The van der Waals surface area contributed by atoms with Gasteiger partial charge in [-0.15, -0.1) is 0 Å². The first-order valence-electron chi connectivity index (χ1n) is 7.64. The van der Waals surface area contributed by atoms with Crippen LogP contribution in [0, 0.1) is 0 Å². The van der Waals surface area contributed by atoms with E-state index in [0.717, 1.165) is 20.8 Å². The summed E-state index contributed by atoms with van der Waals surface area (Å²) in [5, 5.41) is 5.08. The number of hydrogen-bond acceptors (Lipinski definition) is 3. The zero-order valence-electron chi connectivity index (χ0n) is 13.2. The van der Waals surface area contributed by atoms with Gasteiger partial charge >= 0.3 is 0 Å². The predicted molar refractivity (Wildman–Crippen MR) is 97.9 cm³/mol. The summed E-state index contributed by atoms with van der Waals surface area (Å²) in [6.07, 6.45) is 3.45. The SMILES string of the molecule is CC(NC(=O)COc1ccc2ccccc2c1Br)c1cccnc1. The van der Waals surface area contributed by atoms with Crippen molar-refractivity contribution in [1.82, 2.24) is 10.3 Å². The Balaban J connectivity index is 1.63. The smallest absolute Gasteiger partial charge is 0.258 e. The molecule has 24 heavy (non-hydrogen) atoms. The van der Waals surface area contributed by atoms with E-state index < -0.39 is 0 Å². The Morgan fingerprint density at radius 2 is 2.04 bits per heavy atom. The molecule has 0 radical (unpaired) electrons. The zero-order chi connectivity index (χ0) is 16.9. The van der Waals surface area contributed by atoms with E-state index in [2.05, 4.69) is 26.2 Å². The lowest BCUT2D eigenvalue weighted by Gasteiger charge is -2.15. The fourth-order valence-corrected chi connectivity index (χ4v) is 3.07. The van der Waals surface area contributed by atoms with Gasteiger partial charge in [-0.25, -0.2) is 0 Å². The van der Waals surface area contributed by atoms with Gasteiger partial charge in [0.05, 0.1) is 10.5 Å². The summed E-state index contributed by atoms with van der Waals surface area (Å²) in [6, 6.07) is 15.5. The number of pyridine rings is 1. The number of nitrogens with one attached hydrogen (secondary N) is 1. The lowest BCUT2D eigenvalue weighted by Crippen LogP contribution is -2.31. The Hall–Kier alpha value is -2.40. The van der Waals surface area contributed by atoms with E-state index >= 15 is 0 Å². The third-order valence-corrected chi connectivity index (χ3v) is 4.57. The van der Waals surface area contributed by atoms with E-state index in [0.29, 0.717) is 5.75 Å². The molecule has 1 unspecified atom stereocenters. The van der Waals surface area contributed by atoms with Gasteiger partial charge in [0.25, 0.3) is 5.91 Å². The minimum absolute atomic E-state index is 0.0401. The Morgan fingerprint density at radius 1 is 1.21 bits per heavy atom. The molecule has 0 fully saturated rings. The van der Waals surface area contributed by atoms with E-state index in [1.807, 2.05) is 55.5 Å². The fraction of sp³-hybridized carbons (Fsp3) is 0.158. The van der Waals surface area contributed by atoms with Crippen LogP contribution in [-0.2, 0) is 4.79 Å². The van der Waals surface area contributed by atoms with Crippen molar-refractivity contribution in [3.8, 4) is 5.75 Å². The molecular weight excluding hydrogens is 368 g/mol. The summed E-state index contributed by atoms with van der Waals surface area (Å²) in [4.78, 5) is 16.2. The summed E-state index contributed by atoms with van der Waals surface area (Å²) < 4.78 is 6.52. The number of carbonyl (C=O) groups is 1. The number of amides is 1. The summed E-state index contributed by atoms with van der Waals surface area (Å²) in [5.74, 6) is 0.476. The molecule has 5 heteroatoms. The summed E-state index contributed by atoms with van der Waals surface area (Å²) in [6.45, 7) is 1.88. The van der Waals surface area contributed by atoms with Crippen molar-refractivity contribution in [2.75, 3.05) is 6.61 Å². The van der Waals surface area contributed by atoms with Gasteiger partial charge in [-0.05, 0) is 51.3 Å². The molecule has 0 aliphatic heterocycles. The Kier molecular flexibility index (Phi) is 5.11. The van der Waals surface area contributed by atoms with Crippen molar-refractivity contribution in [1.29, 1.82) is 0 Å². The van der Waals surface area contributed by atoms with Gasteiger partial charge in [0.1, 0.15) is 5.75 Å². The average molecular weight is 385 g/mol. The number of hydrogen-bond donors (Lipinski definition) is 1. The molecule has 1 aromatic heterocycles. The van der Waals surface area contributed by atoms with E-state index in [1.54, 1.807) is 12.4 Å². The highest BCUT2D eigenvalue weighted by Crippen LogP contribution is 2.32. The van der Waals surface area contributed by atoms with Crippen molar-refractivity contribution in [2.24, 2.45) is 0 Å². The van der Waals surface area contributed by atoms with Crippen LogP contribution in [0.15, 0.2) is 65.4 Å². The Morgan fingerprint density at radius 3 is 2.83 bits per heavy atom. The van der Waals surface area contributed by atoms with Gasteiger partial charge in [-0.1, -0.05) is 36.4 Å². The quantitative estimate of drug-likeness (QED) is 0.714. The molecule has 1 atom stereocenters. The number of rotatable bonds is 5. The molecule has 1 N–H and O–H groups in total. The van der Waals surface area contributed by atoms with E-state index in [4.69, 9.17) is 4.74 Å². The number of nitrogens with zero attached hydrogens (tertiary/aromatic N) is 1. The summed E-state index contributed by atoms with van der Waals surface area (Å²) >= 11 is 3.55. The van der Waals surface area contributed by atoms with E-state index in [9.17, 15) is 4.79 Å². The van der Waals surface area contributed by atoms with Gasteiger partial charge in [-0.2, -0.15) is 0 Å². The van der Waals surface area contributed by atoms with Crippen LogP contribution in [0.1, 0.15) is 18.5 Å². The van der Waals surface area contributed by atoms with Crippen LogP contribution in [0.4, 0.5) is 0 Å². The van der Waals surface area contributed by atoms with Crippen molar-refractivity contribution < 1.29 is 9.53 Å². The second-order valence-corrected chi connectivity index (χ2v) is 6.26. The number of halogens is 1. The minimum atomic E-state index is -0.175. The van der Waals surface area contributed by atoms with Crippen molar-refractivity contribution >= 4 is 32.6 Å². The molecule has 0 spiro atoms. The molecule has 3 rings (SSSR count). The largest absolute Gasteiger partial charge is 0.483 e. The topological polar surface area (TPSA) is 51.2 Å². The van der Waals surface area contributed by atoms with Gasteiger partial charge in [-0.3, -0.25) is 9.78 Å². The van der Waals surface area contributed by atoms with Crippen molar-refractivity contribution in [2.45, 2.75) is 13.0 Å². The van der Waals surface area contributed by atoms with Gasteiger partial charge < -0.3 is 10.1 Å².